The van der Waals surface area contributed by atoms with Gasteiger partial charge >= 0.3 is 5.97 Å². The first-order valence-electron chi connectivity index (χ1n) is 11.5. The van der Waals surface area contributed by atoms with Crippen LogP contribution in [0.1, 0.15) is 11.1 Å². The lowest BCUT2D eigenvalue weighted by molar-refractivity contribution is -0.140. The zero-order chi connectivity index (χ0) is 26.6. The van der Waals surface area contributed by atoms with E-state index >= 15 is 0 Å². The number of nitrogens with zero attached hydrogens (tertiary/aromatic N) is 3. The summed E-state index contributed by atoms with van der Waals surface area (Å²) in [5, 5.41) is 13.9. The second-order valence-corrected chi connectivity index (χ2v) is 9.96. The van der Waals surface area contributed by atoms with E-state index in [2.05, 4.69) is 0 Å². The average Bonchev–Trinajstić information content (AvgIpc) is 3.45. The highest BCUT2D eigenvalue weighted by Crippen LogP contribution is 2.35. The van der Waals surface area contributed by atoms with Crippen molar-refractivity contribution in [2.45, 2.75) is 6.61 Å². The number of hydrogen-bond donors (Lipinski definition) is 1. The van der Waals surface area contributed by atoms with Crippen LogP contribution in [0.15, 0.2) is 90.0 Å². The summed E-state index contributed by atoms with van der Waals surface area (Å²) in [6, 6.07) is 23.2. The molecule has 1 amide bonds. The van der Waals surface area contributed by atoms with Crippen molar-refractivity contribution in [3.63, 3.8) is 0 Å². The molecule has 1 aliphatic rings. The monoisotopic (exact) mass is 545 g/mol. The molecule has 0 aliphatic carbocycles. The molecule has 0 radical (unpaired) electrons. The summed E-state index contributed by atoms with van der Waals surface area (Å²) in [5.74, 6) is -1.43. The second kappa shape index (κ2) is 11.0. The number of rotatable bonds is 8. The summed E-state index contributed by atoms with van der Waals surface area (Å²) in [6.45, 7) is -0.437. The molecule has 0 saturated carbocycles. The van der Waals surface area contributed by atoms with E-state index in [1.165, 1.54) is 6.07 Å². The maximum absolute atomic E-state index is 14.0. The fourth-order valence-electron chi connectivity index (χ4n) is 3.85. The van der Waals surface area contributed by atoms with E-state index in [0.717, 1.165) is 27.9 Å². The van der Waals surface area contributed by atoms with Crippen LogP contribution in [0.2, 0.25) is 0 Å². The molecule has 190 valence electrons. The number of halogens is 1. The molecule has 3 aromatic carbocycles. The number of amides is 1. The SMILES string of the molecule is O=C(O)CN1C(=O)C(=Cc2cn(-c3ccccc3)nc2-c2cccc(OCc3ccccc3F)c2)SC1=S. The summed E-state index contributed by atoms with van der Waals surface area (Å²) < 4.78 is 21.8. The summed E-state index contributed by atoms with van der Waals surface area (Å²) in [6.07, 6.45) is 3.46. The Morgan fingerprint density at radius 1 is 1.08 bits per heavy atom. The Morgan fingerprint density at radius 2 is 1.84 bits per heavy atom. The normalized spacial score (nSPS) is 14.3. The maximum atomic E-state index is 14.0. The van der Waals surface area contributed by atoms with Crippen molar-refractivity contribution in [1.82, 2.24) is 14.7 Å². The van der Waals surface area contributed by atoms with Gasteiger partial charge in [-0.1, -0.05) is 72.5 Å². The van der Waals surface area contributed by atoms with Crippen molar-refractivity contribution in [2.75, 3.05) is 6.54 Å². The van der Waals surface area contributed by atoms with Gasteiger partial charge in [0.2, 0.25) is 0 Å². The quantitative estimate of drug-likeness (QED) is 0.230. The zero-order valence-electron chi connectivity index (χ0n) is 19.8. The molecule has 1 N–H and O–H groups in total. The number of aliphatic carboxylic acids is 1. The van der Waals surface area contributed by atoms with Crippen LogP contribution in [0.25, 0.3) is 23.0 Å². The predicted molar refractivity (Wildman–Crippen MR) is 147 cm³/mol. The smallest absolute Gasteiger partial charge is 0.323 e. The van der Waals surface area contributed by atoms with Gasteiger partial charge in [0, 0.05) is 22.9 Å². The second-order valence-electron chi connectivity index (χ2n) is 8.28. The predicted octanol–water partition coefficient (Wildman–Crippen LogP) is 5.54. The number of benzene rings is 3. The molecule has 10 heteroatoms. The van der Waals surface area contributed by atoms with E-state index in [1.54, 1.807) is 47.3 Å². The molecule has 0 atom stereocenters. The third-order valence-corrected chi connectivity index (χ3v) is 7.05. The lowest BCUT2D eigenvalue weighted by atomic mass is 10.1. The van der Waals surface area contributed by atoms with Gasteiger partial charge in [-0.2, -0.15) is 5.10 Å². The maximum Gasteiger partial charge on any atom is 0.323 e. The molecule has 0 spiro atoms. The molecule has 1 fully saturated rings. The van der Waals surface area contributed by atoms with Gasteiger partial charge in [0.25, 0.3) is 5.91 Å². The minimum absolute atomic E-state index is 0.0630. The molecular weight excluding hydrogens is 525 g/mol. The highest BCUT2D eigenvalue weighted by molar-refractivity contribution is 8.26. The van der Waals surface area contributed by atoms with Crippen LogP contribution in [0.3, 0.4) is 0 Å². The number of carboxylic acids is 1. The largest absolute Gasteiger partial charge is 0.489 e. The van der Waals surface area contributed by atoms with Gasteiger partial charge in [-0.15, -0.1) is 0 Å². The number of carbonyl (C=O) groups is 2. The molecule has 1 aliphatic heterocycles. The summed E-state index contributed by atoms with van der Waals surface area (Å²) in [5.41, 5.74) is 3.19. The number of carbonyl (C=O) groups excluding carboxylic acids is 1. The third-order valence-electron chi connectivity index (χ3n) is 5.68. The highest BCUT2D eigenvalue weighted by Gasteiger charge is 2.33. The Balaban J connectivity index is 1.50. The average molecular weight is 546 g/mol. The van der Waals surface area contributed by atoms with Gasteiger partial charge in [0.15, 0.2) is 0 Å². The molecule has 2 heterocycles. The number of para-hydroxylation sites is 1. The van der Waals surface area contributed by atoms with E-state index in [0.29, 0.717) is 27.5 Å². The number of ether oxygens (including phenoxy) is 1. The molecule has 0 bridgehead atoms. The number of thiocarbonyl (C=S) groups is 1. The first kappa shape index (κ1) is 25.4. The standard InChI is InChI=1S/C28H20FN3O4S2/c29-23-12-5-4-7-19(23)17-36-22-11-6-8-18(13-22)26-20(15-32(30-26)21-9-2-1-3-10-21)14-24-27(35)31(16-25(33)34)28(37)38-24/h1-15H,16-17H2,(H,33,34). The minimum atomic E-state index is -1.15. The Morgan fingerprint density at radius 3 is 2.61 bits per heavy atom. The molecule has 1 aromatic heterocycles. The van der Waals surface area contributed by atoms with Crippen molar-refractivity contribution in [2.24, 2.45) is 0 Å². The fourth-order valence-corrected chi connectivity index (χ4v) is 5.10. The van der Waals surface area contributed by atoms with Gasteiger partial charge in [-0.05, 0) is 36.4 Å². The minimum Gasteiger partial charge on any atom is -0.489 e. The van der Waals surface area contributed by atoms with Crippen LogP contribution in [0.5, 0.6) is 5.75 Å². The number of carboxylic acid groups (broad SMARTS) is 1. The van der Waals surface area contributed by atoms with Crippen LogP contribution in [-0.4, -0.2) is 42.5 Å². The van der Waals surface area contributed by atoms with E-state index in [-0.39, 0.29) is 16.7 Å². The zero-order valence-corrected chi connectivity index (χ0v) is 21.4. The Hall–Kier alpha value is -4.28. The summed E-state index contributed by atoms with van der Waals surface area (Å²) >= 11 is 6.28. The Kier molecular flexibility index (Phi) is 7.34. The molecule has 4 aromatic rings. The van der Waals surface area contributed by atoms with Crippen molar-refractivity contribution in [1.29, 1.82) is 0 Å². The van der Waals surface area contributed by atoms with Crippen LogP contribution in [0, 0.1) is 5.82 Å². The highest BCUT2D eigenvalue weighted by atomic mass is 32.2. The summed E-state index contributed by atoms with van der Waals surface area (Å²) in [4.78, 5) is 25.4. The molecule has 1 saturated heterocycles. The number of hydrogen-bond acceptors (Lipinski definition) is 6. The van der Waals surface area contributed by atoms with Crippen molar-refractivity contribution in [3.8, 4) is 22.7 Å². The topological polar surface area (TPSA) is 84.7 Å². The van der Waals surface area contributed by atoms with E-state index in [4.69, 9.17) is 27.2 Å². The molecule has 7 nitrogen and oxygen atoms in total. The number of thioether (sulfide) groups is 1. The third kappa shape index (κ3) is 5.51. The van der Waals surface area contributed by atoms with E-state index in [1.807, 2.05) is 42.5 Å². The Labute approximate surface area is 227 Å². The molecule has 38 heavy (non-hydrogen) atoms. The molecular formula is C28H20FN3O4S2. The van der Waals surface area contributed by atoms with Crippen LogP contribution < -0.4 is 4.74 Å². The van der Waals surface area contributed by atoms with Crippen LogP contribution in [-0.2, 0) is 16.2 Å². The molecule has 5 rings (SSSR count). The van der Waals surface area contributed by atoms with Crippen molar-refractivity contribution >= 4 is 46.3 Å². The van der Waals surface area contributed by atoms with Crippen molar-refractivity contribution < 1.29 is 23.8 Å². The van der Waals surface area contributed by atoms with E-state index in [9.17, 15) is 14.0 Å². The van der Waals surface area contributed by atoms with Gasteiger partial charge in [-0.25, -0.2) is 9.07 Å². The van der Waals surface area contributed by atoms with Crippen LogP contribution in [0.4, 0.5) is 4.39 Å². The lowest BCUT2D eigenvalue weighted by Gasteiger charge is -2.10. The summed E-state index contributed by atoms with van der Waals surface area (Å²) in [7, 11) is 0. The lowest BCUT2D eigenvalue weighted by Crippen LogP contribution is -2.33. The Bertz CT molecular complexity index is 1570. The van der Waals surface area contributed by atoms with Crippen LogP contribution >= 0.6 is 24.0 Å². The first-order chi connectivity index (χ1) is 18.4. The first-order valence-corrected chi connectivity index (χ1v) is 12.7. The van der Waals surface area contributed by atoms with Gasteiger partial charge in [0.05, 0.1) is 10.6 Å². The fraction of sp³-hybridized carbons (Fsp3) is 0.0714. The molecule has 0 unspecified atom stereocenters. The number of aromatic nitrogens is 2. The van der Waals surface area contributed by atoms with Gasteiger partial charge in [0.1, 0.15) is 34.7 Å². The van der Waals surface area contributed by atoms with E-state index < -0.39 is 18.4 Å². The van der Waals surface area contributed by atoms with Gasteiger partial charge < -0.3 is 9.84 Å². The van der Waals surface area contributed by atoms with Crippen molar-refractivity contribution in [3.05, 3.63) is 107 Å². The van der Waals surface area contributed by atoms with Gasteiger partial charge in [-0.3, -0.25) is 14.5 Å².